The van der Waals surface area contributed by atoms with Gasteiger partial charge in [0.25, 0.3) is 10.2 Å². The molecule has 0 saturated carbocycles. The molecule has 0 bridgehead atoms. The maximum absolute atomic E-state index is 10.4. The van der Waals surface area contributed by atoms with Crippen LogP contribution in [0.4, 0.5) is 0 Å². The second-order valence-electron chi connectivity index (χ2n) is 3.43. The lowest BCUT2D eigenvalue weighted by molar-refractivity contribution is 0.0537. The van der Waals surface area contributed by atoms with Crippen molar-refractivity contribution in [3.63, 3.8) is 0 Å². The van der Waals surface area contributed by atoms with E-state index in [1.54, 1.807) is 20.8 Å². The number of aliphatic hydroxyl groups is 1. The van der Waals surface area contributed by atoms with Gasteiger partial charge >= 0.3 is 0 Å². The molecule has 0 saturated heterocycles. The topological polar surface area (TPSA) is 92.4 Å². The fourth-order valence-electron chi connectivity index (χ4n) is 0.332. The first-order valence-electron chi connectivity index (χ1n) is 3.11. The number of hydrogen-bond donors (Lipinski definition) is 3. The second kappa shape index (κ2) is 3.06. The molecule has 0 spiro atoms. The van der Waals surface area contributed by atoms with Gasteiger partial charge in [0.15, 0.2) is 0 Å². The Morgan fingerprint density at radius 3 is 1.91 bits per heavy atom. The summed E-state index contributed by atoms with van der Waals surface area (Å²) in [5.74, 6) is 0. The normalized spacial score (nSPS) is 16.5. The quantitative estimate of drug-likeness (QED) is 0.485. The molecule has 0 aliphatic heterocycles. The molecule has 0 fully saturated rings. The predicted molar refractivity (Wildman–Crippen MR) is 41.7 cm³/mol. The summed E-state index contributed by atoms with van der Waals surface area (Å²) in [6.45, 7) is 5.07. The van der Waals surface area contributed by atoms with Crippen LogP contribution in [0.3, 0.4) is 0 Å². The van der Waals surface area contributed by atoms with E-state index < -0.39 is 21.9 Å². The molecule has 0 aromatic heterocycles. The molecule has 0 aliphatic rings. The zero-order valence-corrected chi connectivity index (χ0v) is 7.64. The summed E-state index contributed by atoms with van der Waals surface area (Å²) in [7, 11) is -3.81. The van der Waals surface area contributed by atoms with E-state index in [4.69, 9.17) is 5.11 Å². The Morgan fingerprint density at radius 2 is 1.82 bits per heavy atom. The van der Waals surface area contributed by atoms with Gasteiger partial charge in [-0.15, -0.1) is 0 Å². The Morgan fingerprint density at radius 1 is 1.45 bits per heavy atom. The Bertz CT molecular complexity index is 216. The highest BCUT2D eigenvalue weighted by Gasteiger charge is 2.24. The Kier molecular flexibility index (Phi) is 3.01. The van der Waals surface area contributed by atoms with Gasteiger partial charge in [-0.05, 0) is 0 Å². The van der Waals surface area contributed by atoms with Crippen molar-refractivity contribution in [2.45, 2.75) is 27.0 Å². The summed E-state index contributed by atoms with van der Waals surface area (Å²) in [4.78, 5) is 0. The van der Waals surface area contributed by atoms with Crippen molar-refractivity contribution in [3.8, 4) is 0 Å². The van der Waals surface area contributed by atoms with Gasteiger partial charge in [-0.1, -0.05) is 20.8 Å². The third-order valence-corrected chi connectivity index (χ3v) is 1.65. The van der Waals surface area contributed by atoms with E-state index in [0.29, 0.717) is 0 Å². The summed E-state index contributed by atoms with van der Waals surface area (Å²) in [6.07, 6.45) is -1.16. The van der Waals surface area contributed by atoms with Crippen molar-refractivity contribution in [2.24, 2.45) is 10.6 Å². The van der Waals surface area contributed by atoms with E-state index in [0.717, 1.165) is 0 Å². The van der Waals surface area contributed by atoms with Crippen molar-refractivity contribution in [3.05, 3.63) is 0 Å². The predicted octanol–water partition coefficient (Wildman–Crippen LogP) is -0.856. The van der Waals surface area contributed by atoms with Crippen LogP contribution in [0.5, 0.6) is 0 Å². The highest BCUT2D eigenvalue weighted by molar-refractivity contribution is 7.87. The Labute approximate surface area is 66.8 Å². The van der Waals surface area contributed by atoms with E-state index >= 15 is 0 Å². The van der Waals surface area contributed by atoms with Crippen molar-refractivity contribution in [1.29, 1.82) is 0 Å². The zero-order chi connectivity index (χ0) is 9.28. The Balaban J connectivity index is 4.21. The first-order valence-corrected chi connectivity index (χ1v) is 4.66. The third kappa shape index (κ3) is 5.14. The van der Waals surface area contributed by atoms with Crippen LogP contribution in [0.15, 0.2) is 0 Å². The fraction of sp³-hybridized carbons (Fsp3) is 1.00. The van der Waals surface area contributed by atoms with Gasteiger partial charge in [0.1, 0.15) is 6.23 Å². The highest BCUT2D eigenvalue weighted by Crippen LogP contribution is 2.16. The molecule has 0 heterocycles. The van der Waals surface area contributed by atoms with Crippen LogP contribution in [0.25, 0.3) is 0 Å². The van der Waals surface area contributed by atoms with Gasteiger partial charge in [0.2, 0.25) is 0 Å². The molecular formula is C5H14N2O3S. The van der Waals surface area contributed by atoms with E-state index in [9.17, 15) is 8.42 Å². The van der Waals surface area contributed by atoms with Gasteiger partial charge in [0.05, 0.1) is 0 Å². The minimum Gasteiger partial charge on any atom is -0.377 e. The van der Waals surface area contributed by atoms with Crippen molar-refractivity contribution >= 4 is 10.2 Å². The minimum atomic E-state index is -3.81. The molecule has 4 N–H and O–H groups in total. The maximum atomic E-state index is 10.4. The van der Waals surface area contributed by atoms with Gasteiger partial charge < -0.3 is 5.11 Å². The van der Waals surface area contributed by atoms with Gasteiger partial charge in [0, 0.05) is 5.41 Å². The number of nitrogens with one attached hydrogen (secondary N) is 1. The van der Waals surface area contributed by atoms with Crippen LogP contribution >= 0.6 is 0 Å². The van der Waals surface area contributed by atoms with Crippen LogP contribution in [0, 0.1) is 5.41 Å². The van der Waals surface area contributed by atoms with Gasteiger partial charge in [-0.2, -0.15) is 13.1 Å². The van der Waals surface area contributed by atoms with Crippen molar-refractivity contribution in [2.75, 3.05) is 0 Å². The molecule has 11 heavy (non-hydrogen) atoms. The smallest absolute Gasteiger partial charge is 0.276 e. The van der Waals surface area contributed by atoms with Gasteiger partial charge in [-0.25, -0.2) is 5.14 Å². The first kappa shape index (κ1) is 10.8. The molecule has 0 aliphatic carbocycles. The van der Waals surface area contributed by atoms with Crippen LogP contribution in [-0.4, -0.2) is 19.8 Å². The lowest BCUT2D eigenvalue weighted by Crippen LogP contribution is -2.46. The molecule has 68 valence electrons. The molecule has 6 heteroatoms. The lowest BCUT2D eigenvalue weighted by atomic mass is 9.95. The summed E-state index contributed by atoms with van der Waals surface area (Å²) in [5.41, 5.74) is -0.549. The number of hydrogen-bond acceptors (Lipinski definition) is 3. The van der Waals surface area contributed by atoms with E-state index in [1.165, 1.54) is 0 Å². The summed E-state index contributed by atoms with van der Waals surface area (Å²) in [6, 6.07) is 0. The third-order valence-electron chi connectivity index (χ3n) is 1.10. The largest absolute Gasteiger partial charge is 0.377 e. The number of nitrogens with two attached hydrogens (primary N) is 1. The molecule has 0 amide bonds. The summed E-state index contributed by atoms with van der Waals surface area (Å²) in [5, 5.41) is 13.8. The minimum absolute atomic E-state index is 0.549. The van der Waals surface area contributed by atoms with E-state index in [2.05, 4.69) is 5.14 Å². The zero-order valence-electron chi connectivity index (χ0n) is 6.83. The van der Waals surface area contributed by atoms with Crippen LogP contribution in [-0.2, 0) is 10.2 Å². The van der Waals surface area contributed by atoms with Crippen LogP contribution in [0.2, 0.25) is 0 Å². The molecule has 5 nitrogen and oxygen atoms in total. The van der Waals surface area contributed by atoms with E-state index in [1.807, 2.05) is 4.72 Å². The molecule has 0 radical (unpaired) electrons. The molecule has 0 rings (SSSR count). The maximum Gasteiger partial charge on any atom is 0.276 e. The van der Waals surface area contributed by atoms with Crippen LogP contribution < -0.4 is 9.86 Å². The van der Waals surface area contributed by atoms with Crippen LogP contribution in [0.1, 0.15) is 20.8 Å². The average Bonchev–Trinajstić information content (AvgIpc) is 1.56. The molecule has 0 aromatic carbocycles. The van der Waals surface area contributed by atoms with Gasteiger partial charge in [-0.3, -0.25) is 0 Å². The second-order valence-corrected chi connectivity index (χ2v) is 4.76. The molecule has 1 unspecified atom stereocenters. The highest BCUT2D eigenvalue weighted by atomic mass is 32.2. The van der Waals surface area contributed by atoms with Crippen molar-refractivity contribution < 1.29 is 13.5 Å². The summed E-state index contributed by atoms with van der Waals surface area (Å²) < 4.78 is 22.7. The molecule has 0 aromatic rings. The average molecular weight is 182 g/mol. The Hall–Kier alpha value is -0.170. The number of rotatable bonds is 2. The standard InChI is InChI=1S/C5H14N2O3S/c1-5(2,3)4(8)7-11(6,9)10/h4,7-8H,1-3H3,(H2,6,9,10). The monoisotopic (exact) mass is 182 g/mol. The fourth-order valence-corrected chi connectivity index (χ4v) is 0.997. The summed E-state index contributed by atoms with van der Waals surface area (Å²) >= 11 is 0. The first-order chi connectivity index (χ1) is 4.63. The molecule has 1 atom stereocenters. The van der Waals surface area contributed by atoms with E-state index in [-0.39, 0.29) is 0 Å². The van der Waals surface area contributed by atoms with Crippen molar-refractivity contribution in [1.82, 2.24) is 4.72 Å². The number of aliphatic hydroxyl groups excluding tert-OH is 1. The SMILES string of the molecule is CC(C)(C)C(O)NS(N)(=O)=O. The molecular weight excluding hydrogens is 168 g/mol. The lowest BCUT2D eigenvalue weighted by Gasteiger charge is -2.25.